The highest BCUT2D eigenvalue weighted by atomic mass is 35.5. The highest BCUT2D eigenvalue weighted by molar-refractivity contribution is 7.99. The first-order chi connectivity index (χ1) is 13.7. The standard InChI is InChI=1S/C22H25ClN2O2S/c23-20-4-2-1-3-19(20)21-9-10-25(13-16-28-21)22(26)17-5-7-18(8-6-17)24-11-14-27-15-12-24/h1-8,21H,9-16H2. The molecule has 2 aliphatic rings. The maximum atomic E-state index is 13.0. The van der Waals surface area contributed by atoms with Crippen LogP contribution in [-0.4, -0.2) is 56.0 Å². The summed E-state index contributed by atoms with van der Waals surface area (Å²) in [6, 6.07) is 16.1. The second kappa shape index (κ2) is 9.21. The predicted molar refractivity (Wildman–Crippen MR) is 117 cm³/mol. The van der Waals surface area contributed by atoms with Crippen LogP contribution in [0.4, 0.5) is 5.69 Å². The third kappa shape index (κ3) is 4.48. The SMILES string of the molecule is O=C(c1ccc(N2CCOCC2)cc1)N1CCSC(c2ccccc2Cl)CC1. The van der Waals surface area contributed by atoms with Crippen molar-refractivity contribution in [2.24, 2.45) is 0 Å². The van der Waals surface area contributed by atoms with Gasteiger partial charge in [-0.1, -0.05) is 29.8 Å². The number of hydrogen-bond donors (Lipinski definition) is 0. The van der Waals surface area contributed by atoms with E-state index < -0.39 is 0 Å². The minimum atomic E-state index is 0.119. The van der Waals surface area contributed by atoms with Crippen molar-refractivity contribution in [3.63, 3.8) is 0 Å². The van der Waals surface area contributed by atoms with E-state index in [0.717, 1.165) is 67.8 Å². The Morgan fingerprint density at radius 2 is 1.75 bits per heavy atom. The number of rotatable bonds is 3. The molecule has 4 nitrogen and oxygen atoms in total. The normalized spacial score (nSPS) is 20.7. The minimum absolute atomic E-state index is 0.119. The van der Waals surface area contributed by atoms with E-state index in [9.17, 15) is 4.79 Å². The average molecular weight is 417 g/mol. The molecule has 6 heteroatoms. The lowest BCUT2D eigenvalue weighted by Crippen LogP contribution is -2.36. The van der Waals surface area contributed by atoms with Crippen LogP contribution in [0, 0.1) is 0 Å². The highest BCUT2D eigenvalue weighted by Crippen LogP contribution is 2.38. The Kier molecular flexibility index (Phi) is 6.45. The van der Waals surface area contributed by atoms with Crippen molar-refractivity contribution in [3.8, 4) is 0 Å². The third-order valence-electron chi connectivity index (χ3n) is 5.37. The monoisotopic (exact) mass is 416 g/mol. The van der Waals surface area contributed by atoms with Crippen molar-refractivity contribution in [2.75, 3.05) is 50.0 Å². The quantitative estimate of drug-likeness (QED) is 0.737. The number of thioether (sulfide) groups is 1. The number of halogens is 1. The first-order valence-corrected chi connectivity index (χ1v) is 11.2. The fourth-order valence-corrected chi connectivity index (χ4v) is 5.38. The van der Waals surface area contributed by atoms with Gasteiger partial charge in [0.2, 0.25) is 0 Å². The Labute approximate surface area is 175 Å². The van der Waals surface area contributed by atoms with E-state index in [2.05, 4.69) is 23.1 Å². The van der Waals surface area contributed by atoms with Gasteiger partial charge in [-0.05, 0) is 42.3 Å². The molecule has 1 unspecified atom stereocenters. The summed E-state index contributed by atoms with van der Waals surface area (Å²) in [6.45, 7) is 4.86. The van der Waals surface area contributed by atoms with Crippen molar-refractivity contribution < 1.29 is 9.53 Å². The lowest BCUT2D eigenvalue weighted by atomic mass is 10.1. The summed E-state index contributed by atoms with van der Waals surface area (Å²) in [5, 5.41) is 1.16. The molecule has 0 bridgehead atoms. The average Bonchev–Trinajstić information content (AvgIpc) is 3.00. The maximum absolute atomic E-state index is 13.0. The first-order valence-electron chi connectivity index (χ1n) is 9.80. The number of nitrogens with zero attached hydrogens (tertiary/aromatic N) is 2. The van der Waals surface area contributed by atoms with Crippen molar-refractivity contribution in [2.45, 2.75) is 11.7 Å². The van der Waals surface area contributed by atoms with E-state index in [4.69, 9.17) is 16.3 Å². The Balaban J connectivity index is 1.40. The summed E-state index contributed by atoms with van der Waals surface area (Å²) in [5.74, 6) is 1.04. The zero-order valence-corrected chi connectivity index (χ0v) is 17.4. The fraction of sp³-hybridized carbons (Fsp3) is 0.409. The van der Waals surface area contributed by atoms with E-state index in [1.54, 1.807) is 0 Å². The van der Waals surface area contributed by atoms with Gasteiger partial charge in [0.15, 0.2) is 0 Å². The maximum Gasteiger partial charge on any atom is 0.253 e. The largest absolute Gasteiger partial charge is 0.378 e. The van der Waals surface area contributed by atoms with Gasteiger partial charge in [0.05, 0.1) is 13.2 Å². The van der Waals surface area contributed by atoms with Crippen molar-refractivity contribution in [1.82, 2.24) is 4.90 Å². The number of amides is 1. The van der Waals surface area contributed by atoms with E-state index in [0.29, 0.717) is 5.25 Å². The lowest BCUT2D eigenvalue weighted by molar-refractivity contribution is 0.0766. The van der Waals surface area contributed by atoms with Gasteiger partial charge in [0.25, 0.3) is 5.91 Å². The molecule has 4 rings (SSSR count). The van der Waals surface area contributed by atoms with Crippen molar-refractivity contribution in [1.29, 1.82) is 0 Å². The first kappa shape index (κ1) is 19.6. The van der Waals surface area contributed by atoms with Gasteiger partial charge < -0.3 is 14.5 Å². The molecule has 0 aromatic heterocycles. The van der Waals surface area contributed by atoms with Gasteiger partial charge in [-0.25, -0.2) is 0 Å². The Bertz CT molecular complexity index is 808. The number of benzene rings is 2. The topological polar surface area (TPSA) is 32.8 Å². The fourth-order valence-electron chi connectivity index (χ4n) is 3.78. The number of morpholine rings is 1. The van der Waals surface area contributed by atoms with Gasteiger partial charge in [0, 0.05) is 53.5 Å². The predicted octanol–water partition coefficient (Wildman–Crippen LogP) is 4.50. The van der Waals surface area contributed by atoms with Crippen LogP contribution in [0.1, 0.15) is 27.6 Å². The molecule has 0 N–H and O–H groups in total. The Morgan fingerprint density at radius 1 is 1.00 bits per heavy atom. The van der Waals surface area contributed by atoms with Crippen LogP contribution < -0.4 is 4.90 Å². The molecule has 0 radical (unpaired) electrons. The summed E-state index contributed by atoms with van der Waals surface area (Å²) < 4.78 is 5.41. The number of anilines is 1. The molecule has 148 valence electrons. The molecule has 2 aliphatic heterocycles. The number of ether oxygens (including phenoxy) is 1. The molecule has 28 heavy (non-hydrogen) atoms. The molecule has 1 atom stereocenters. The second-order valence-electron chi connectivity index (χ2n) is 7.11. The van der Waals surface area contributed by atoms with Crippen LogP contribution in [0.25, 0.3) is 0 Å². The third-order valence-corrected chi connectivity index (χ3v) is 7.03. The molecule has 2 fully saturated rings. The van der Waals surface area contributed by atoms with E-state index in [1.807, 2.05) is 47.0 Å². The smallest absolute Gasteiger partial charge is 0.253 e. The van der Waals surface area contributed by atoms with Gasteiger partial charge in [-0.3, -0.25) is 4.79 Å². The van der Waals surface area contributed by atoms with E-state index >= 15 is 0 Å². The van der Waals surface area contributed by atoms with E-state index in [1.165, 1.54) is 5.56 Å². The van der Waals surface area contributed by atoms with E-state index in [-0.39, 0.29) is 5.91 Å². The van der Waals surface area contributed by atoms with Crippen molar-refractivity contribution >= 4 is 35.0 Å². The molecule has 1 amide bonds. The molecule has 2 aromatic rings. The van der Waals surface area contributed by atoms with Crippen molar-refractivity contribution in [3.05, 3.63) is 64.7 Å². The van der Waals surface area contributed by atoms with Gasteiger partial charge in [-0.15, -0.1) is 0 Å². The zero-order chi connectivity index (χ0) is 19.3. The molecule has 0 spiro atoms. The zero-order valence-electron chi connectivity index (χ0n) is 15.9. The lowest BCUT2D eigenvalue weighted by Gasteiger charge is -2.29. The van der Waals surface area contributed by atoms with Gasteiger partial charge in [-0.2, -0.15) is 11.8 Å². The van der Waals surface area contributed by atoms with Gasteiger partial charge >= 0.3 is 0 Å². The molecular formula is C22H25ClN2O2S. The summed E-state index contributed by atoms with van der Waals surface area (Å²) in [7, 11) is 0. The molecule has 2 saturated heterocycles. The summed E-state index contributed by atoms with van der Waals surface area (Å²) >= 11 is 8.27. The van der Waals surface area contributed by atoms with Crippen LogP contribution >= 0.6 is 23.4 Å². The molecule has 0 aliphatic carbocycles. The minimum Gasteiger partial charge on any atom is -0.378 e. The molecule has 2 aromatic carbocycles. The molecular weight excluding hydrogens is 392 g/mol. The summed E-state index contributed by atoms with van der Waals surface area (Å²) in [4.78, 5) is 17.3. The summed E-state index contributed by atoms with van der Waals surface area (Å²) in [5.41, 5.74) is 3.10. The summed E-state index contributed by atoms with van der Waals surface area (Å²) in [6.07, 6.45) is 0.923. The highest BCUT2D eigenvalue weighted by Gasteiger charge is 2.24. The van der Waals surface area contributed by atoms with Crippen LogP contribution in [0.5, 0.6) is 0 Å². The van der Waals surface area contributed by atoms with Crippen LogP contribution in [0.2, 0.25) is 5.02 Å². The molecule has 2 heterocycles. The van der Waals surface area contributed by atoms with Crippen LogP contribution in [0.3, 0.4) is 0 Å². The second-order valence-corrected chi connectivity index (χ2v) is 8.83. The number of carbonyl (C=O) groups is 1. The van der Waals surface area contributed by atoms with Gasteiger partial charge in [0.1, 0.15) is 0 Å². The van der Waals surface area contributed by atoms with Crippen LogP contribution in [-0.2, 0) is 4.74 Å². The Hall–Kier alpha value is -1.69. The van der Waals surface area contributed by atoms with Crippen LogP contribution in [0.15, 0.2) is 48.5 Å². The molecule has 0 saturated carbocycles. The Morgan fingerprint density at radius 3 is 2.50 bits per heavy atom. The number of carbonyl (C=O) groups excluding carboxylic acids is 1. The number of hydrogen-bond acceptors (Lipinski definition) is 4.